The first-order chi connectivity index (χ1) is 28.4. The van der Waals surface area contributed by atoms with Gasteiger partial charge in [-0.1, -0.05) is 194 Å². The number of aliphatic hydroxyl groups is 5. The average Bonchev–Trinajstić information content (AvgIpc) is 3.21. The van der Waals surface area contributed by atoms with E-state index in [1.165, 1.54) is 141 Å². The summed E-state index contributed by atoms with van der Waals surface area (Å²) in [5.74, 6) is -1.08. The molecule has 1 rings (SSSR count). The van der Waals surface area contributed by atoms with Crippen LogP contribution in [0.4, 0.5) is 0 Å². The van der Waals surface area contributed by atoms with Gasteiger partial charge in [0.25, 0.3) is 0 Å². The maximum Gasteiger partial charge on any atom is 0.472 e. The third-order valence-corrected chi connectivity index (χ3v) is 12.4. The summed E-state index contributed by atoms with van der Waals surface area (Å²) in [5, 5.41) is 50.1. The van der Waals surface area contributed by atoms with Crippen molar-refractivity contribution in [3.8, 4) is 0 Å². The first-order valence-corrected chi connectivity index (χ1v) is 25.3. The Morgan fingerprint density at radius 2 is 0.763 bits per heavy atom. The zero-order chi connectivity index (χ0) is 43.6. The maximum atomic E-state index is 12.8. The lowest BCUT2D eigenvalue weighted by molar-refractivity contribution is -0.220. The summed E-state index contributed by atoms with van der Waals surface area (Å²) in [6.45, 7) is 3.32. The van der Waals surface area contributed by atoms with Crippen LogP contribution in [0.5, 0.6) is 0 Å². The molecule has 59 heavy (non-hydrogen) atoms. The van der Waals surface area contributed by atoms with Gasteiger partial charge in [0, 0.05) is 12.8 Å². The molecular formula is C45H87O13P. The number of aliphatic hydroxyl groups excluding tert-OH is 5. The van der Waals surface area contributed by atoms with E-state index in [1.54, 1.807) is 0 Å². The SMILES string of the molecule is CCCCCCCCCCCCCCCCCCCC(=O)OC(COC(=O)CCCCCCCCCCCCCCC)COP(=O)(O)OC1C(O)C(O)C(O)C(O)C1O. The van der Waals surface area contributed by atoms with Gasteiger partial charge in [-0.25, -0.2) is 4.57 Å². The number of hydrogen-bond acceptors (Lipinski definition) is 12. The van der Waals surface area contributed by atoms with Crippen LogP contribution >= 0.6 is 7.82 Å². The molecular weight excluding hydrogens is 779 g/mol. The molecule has 1 aliphatic rings. The molecule has 0 aromatic carbocycles. The Morgan fingerprint density at radius 3 is 1.12 bits per heavy atom. The minimum Gasteiger partial charge on any atom is -0.462 e. The van der Waals surface area contributed by atoms with Crippen LogP contribution in [0, 0.1) is 0 Å². The van der Waals surface area contributed by atoms with Crippen molar-refractivity contribution in [3.63, 3.8) is 0 Å². The second kappa shape index (κ2) is 36.3. The van der Waals surface area contributed by atoms with E-state index in [4.69, 9.17) is 18.5 Å². The van der Waals surface area contributed by atoms with Crippen molar-refractivity contribution in [1.29, 1.82) is 0 Å². The highest BCUT2D eigenvalue weighted by Gasteiger charge is 2.51. The smallest absolute Gasteiger partial charge is 0.462 e. The number of carbonyl (C=O) groups is 2. The largest absolute Gasteiger partial charge is 0.472 e. The molecule has 0 aliphatic heterocycles. The van der Waals surface area contributed by atoms with E-state index in [0.717, 1.165) is 38.5 Å². The third kappa shape index (κ3) is 29.0. The quantitative estimate of drug-likeness (QED) is 0.0193. The fourth-order valence-electron chi connectivity index (χ4n) is 7.58. The molecule has 0 aromatic rings. The molecule has 6 N–H and O–H groups in total. The molecule has 0 heterocycles. The second-order valence-corrected chi connectivity index (χ2v) is 18.4. The molecule has 1 saturated carbocycles. The van der Waals surface area contributed by atoms with Crippen molar-refractivity contribution in [2.24, 2.45) is 0 Å². The Labute approximate surface area is 357 Å². The summed E-state index contributed by atoms with van der Waals surface area (Å²) in [6.07, 6.45) is 23.0. The van der Waals surface area contributed by atoms with E-state index in [9.17, 15) is 44.6 Å². The van der Waals surface area contributed by atoms with Crippen molar-refractivity contribution >= 4 is 19.8 Å². The Bertz CT molecular complexity index is 1050. The summed E-state index contributed by atoms with van der Waals surface area (Å²) in [7, 11) is -5.11. The topological polar surface area (TPSA) is 210 Å². The molecule has 6 unspecified atom stereocenters. The van der Waals surface area contributed by atoms with Gasteiger partial charge in [0.15, 0.2) is 6.10 Å². The Balaban J connectivity index is 2.42. The van der Waals surface area contributed by atoms with Crippen LogP contribution in [0.3, 0.4) is 0 Å². The summed E-state index contributed by atoms with van der Waals surface area (Å²) in [5.41, 5.74) is 0. The molecule has 1 fully saturated rings. The zero-order valence-electron chi connectivity index (χ0n) is 37.1. The van der Waals surface area contributed by atoms with Gasteiger partial charge in [-0.3, -0.25) is 18.6 Å². The van der Waals surface area contributed by atoms with Gasteiger partial charge in [0.1, 0.15) is 43.2 Å². The molecule has 0 amide bonds. The molecule has 6 atom stereocenters. The predicted molar refractivity (Wildman–Crippen MR) is 231 cm³/mol. The van der Waals surface area contributed by atoms with Gasteiger partial charge in [-0.15, -0.1) is 0 Å². The minimum atomic E-state index is -5.11. The second-order valence-electron chi connectivity index (χ2n) is 17.0. The number of rotatable bonds is 40. The van der Waals surface area contributed by atoms with Gasteiger partial charge < -0.3 is 39.9 Å². The first-order valence-electron chi connectivity index (χ1n) is 23.8. The van der Waals surface area contributed by atoms with Crippen molar-refractivity contribution in [3.05, 3.63) is 0 Å². The normalized spacial score (nSPS) is 22.2. The minimum absolute atomic E-state index is 0.105. The molecule has 14 heteroatoms. The molecule has 0 spiro atoms. The molecule has 0 aromatic heterocycles. The Hall–Kier alpha value is -1.15. The van der Waals surface area contributed by atoms with Crippen LogP contribution in [0.2, 0.25) is 0 Å². The van der Waals surface area contributed by atoms with E-state index < -0.39 is 75.7 Å². The van der Waals surface area contributed by atoms with E-state index in [0.29, 0.717) is 12.8 Å². The van der Waals surface area contributed by atoms with Gasteiger partial charge in [-0.05, 0) is 12.8 Å². The maximum absolute atomic E-state index is 12.8. The number of unbranched alkanes of at least 4 members (excludes halogenated alkanes) is 28. The van der Waals surface area contributed by atoms with Crippen molar-refractivity contribution < 1.29 is 63.1 Å². The fraction of sp³-hybridized carbons (Fsp3) is 0.956. The Kier molecular flexibility index (Phi) is 34.4. The van der Waals surface area contributed by atoms with Crippen LogP contribution in [0.25, 0.3) is 0 Å². The van der Waals surface area contributed by atoms with E-state index in [1.807, 2.05) is 0 Å². The highest BCUT2D eigenvalue weighted by atomic mass is 31.2. The number of phosphoric ester groups is 1. The van der Waals surface area contributed by atoms with Crippen LogP contribution in [-0.4, -0.2) is 98.3 Å². The lowest BCUT2D eigenvalue weighted by Crippen LogP contribution is -2.64. The molecule has 0 saturated heterocycles. The van der Waals surface area contributed by atoms with Crippen LogP contribution in [0.15, 0.2) is 0 Å². The van der Waals surface area contributed by atoms with Crippen molar-refractivity contribution in [2.45, 2.75) is 262 Å². The lowest BCUT2D eigenvalue weighted by Gasteiger charge is -2.41. The standard InChI is InChI=1S/C45H87O13P/c1-3-5-7-9-11-13-15-17-18-19-20-22-24-26-28-30-32-34-39(47)57-37(36-56-59(53,54)58-45-43(51)41(49)40(48)42(50)44(45)52)35-55-38(46)33-31-29-27-25-23-21-16-14-12-10-8-6-4-2/h37,40-45,48-52H,3-36H2,1-2H3,(H,53,54). The summed E-state index contributed by atoms with van der Waals surface area (Å²) in [6, 6.07) is 0. The molecule has 0 radical (unpaired) electrons. The number of esters is 2. The van der Waals surface area contributed by atoms with Crippen molar-refractivity contribution in [2.75, 3.05) is 13.2 Å². The summed E-state index contributed by atoms with van der Waals surface area (Å²) < 4.78 is 33.5. The number of carbonyl (C=O) groups excluding carboxylic acids is 2. The van der Waals surface area contributed by atoms with Gasteiger partial charge in [0.05, 0.1) is 6.61 Å². The highest BCUT2D eigenvalue weighted by molar-refractivity contribution is 7.47. The Morgan fingerprint density at radius 1 is 0.458 bits per heavy atom. The molecule has 1 aliphatic carbocycles. The molecule has 350 valence electrons. The third-order valence-electron chi connectivity index (χ3n) is 11.4. The number of phosphoric acid groups is 1. The number of hydrogen-bond donors (Lipinski definition) is 6. The highest BCUT2D eigenvalue weighted by Crippen LogP contribution is 2.47. The number of ether oxygens (including phenoxy) is 2. The van der Waals surface area contributed by atoms with Gasteiger partial charge in [-0.2, -0.15) is 0 Å². The molecule has 13 nitrogen and oxygen atoms in total. The summed E-state index contributed by atoms with van der Waals surface area (Å²) in [4.78, 5) is 35.7. The molecule has 0 bridgehead atoms. The lowest BCUT2D eigenvalue weighted by atomic mass is 9.85. The predicted octanol–water partition coefficient (Wildman–Crippen LogP) is 9.28. The zero-order valence-corrected chi connectivity index (χ0v) is 38.0. The average molecular weight is 867 g/mol. The van der Waals surface area contributed by atoms with Crippen LogP contribution < -0.4 is 0 Å². The van der Waals surface area contributed by atoms with Crippen LogP contribution in [0.1, 0.15) is 219 Å². The van der Waals surface area contributed by atoms with Gasteiger partial charge >= 0.3 is 19.8 Å². The van der Waals surface area contributed by atoms with Crippen molar-refractivity contribution in [1.82, 2.24) is 0 Å². The monoisotopic (exact) mass is 867 g/mol. The van der Waals surface area contributed by atoms with Crippen LogP contribution in [-0.2, 0) is 32.7 Å². The summed E-state index contributed by atoms with van der Waals surface area (Å²) >= 11 is 0. The first kappa shape index (κ1) is 55.9. The fourth-order valence-corrected chi connectivity index (χ4v) is 8.56. The van der Waals surface area contributed by atoms with Gasteiger partial charge in [0.2, 0.25) is 0 Å². The van der Waals surface area contributed by atoms with E-state index >= 15 is 0 Å². The van der Waals surface area contributed by atoms with E-state index in [2.05, 4.69) is 13.8 Å². The van der Waals surface area contributed by atoms with E-state index in [-0.39, 0.29) is 12.8 Å².